The number of nitrogens with zero attached hydrogens (tertiary/aromatic N) is 4. The van der Waals surface area contributed by atoms with Crippen LogP contribution in [0.5, 0.6) is 5.88 Å². The van der Waals surface area contributed by atoms with Gasteiger partial charge in [-0.3, -0.25) is 0 Å². The van der Waals surface area contributed by atoms with Crippen molar-refractivity contribution in [3.8, 4) is 5.88 Å². The molecule has 0 aliphatic rings. The lowest BCUT2D eigenvalue weighted by Crippen LogP contribution is -2.15. The van der Waals surface area contributed by atoms with E-state index in [9.17, 15) is 9.66 Å². The Morgan fingerprint density at radius 2 is 2.00 bits per heavy atom. The number of imidazole rings is 1. The number of aromatic nitrogens is 4. The molecule has 0 aliphatic heterocycles. The summed E-state index contributed by atoms with van der Waals surface area (Å²) in [6.07, 6.45) is 4.79. The summed E-state index contributed by atoms with van der Waals surface area (Å²) in [5, 5.41) is 17.3. The maximum absolute atomic E-state index is 12.3. The Morgan fingerprint density at radius 1 is 1.19 bits per heavy atom. The van der Waals surface area contributed by atoms with Gasteiger partial charge < -0.3 is 9.66 Å². The predicted molar refractivity (Wildman–Crippen MR) is 78.5 cm³/mol. The molecule has 1 atom stereocenters. The summed E-state index contributed by atoms with van der Waals surface area (Å²) in [5.41, 5.74) is 1.50. The molecule has 0 bridgehead atoms. The Labute approximate surface area is 124 Å². The molecular weight excluding hydrogens is 288 g/mol. The number of hydrogen-bond acceptors (Lipinski definition) is 5. The first-order valence-corrected chi connectivity index (χ1v) is 7.88. The summed E-state index contributed by atoms with van der Waals surface area (Å²) in [6.45, 7) is 0. The van der Waals surface area contributed by atoms with Crippen molar-refractivity contribution in [1.29, 1.82) is 0 Å². The Kier molecular flexibility index (Phi) is 4.03. The van der Waals surface area contributed by atoms with Crippen LogP contribution in [0.25, 0.3) is 5.65 Å². The fourth-order valence-electron chi connectivity index (χ4n) is 2.10. The Morgan fingerprint density at radius 3 is 2.81 bits per heavy atom. The van der Waals surface area contributed by atoms with Gasteiger partial charge >= 0.3 is 5.16 Å². The van der Waals surface area contributed by atoms with Crippen LogP contribution in [0.4, 0.5) is 0 Å². The first-order valence-electron chi connectivity index (χ1n) is 6.57. The number of aryl methyl sites for hydroxylation is 1. The second kappa shape index (κ2) is 6.11. The number of benzene rings is 1. The molecule has 2 aromatic heterocycles. The molecule has 7 heteroatoms. The summed E-state index contributed by atoms with van der Waals surface area (Å²) >= 11 is -1.28. The number of hydrogen-bond donors (Lipinski definition) is 1. The molecule has 1 N–H and O–H groups in total. The second-order valence-corrected chi connectivity index (χ2v) is 6.03. The summed E-state index contributed by atoms with van der Waals surface area (Å²) in [5.74, 6) is 0.229. The van der Waals surface area contributed by atoms with E-state index in [1.165, 1.54) is 16.2 Å². The van der Waals surface area contributed by atoms with Crippen molar-refractivity contribution in [1.82, 2.24) is 19.6 Å². The van der Waals surface area contributed by atoms with E-state index in [1.54, 1.807) is 6.20 Å². The average molecular weight is 302 g/mol. The van der Waals surface area contributed by atoms with Gasteiger partial charge in [0.15, 0.2) is 0 Å². The normalized spacial score (nSPS) is 12.6. The molecule has 0 radical (unpaired) electrons. The van der Waals surface area contributed by atoms with Crippen molar-refractivity contribution >= 4 is 16.8 Å². The average Bonchev–Trinajstić information content (AvgIpc) is 2.99. The van der Waals surface area contributed by atoms with Crippen molar-refractivity contribution < 1.29 is 9.66 Å². The van der Waals surface area contributed by atoms with Crippen LogP contribution in [0, 0.1) is 0 Å². The van der Waals surface area contributed by atoms with Crippen molar-refractivity contribution in [2.75, 3.05) is 5.75 Å². The minimum atomic E-state index is -1.28. The highest BCUT2D eigenvalue weighted by Crippen LogP contribution is 2.17. The monoisotopic (exact) mass is 302 g/mol. The lowest BCUT2D eigenvalue weighted by atomic mass is 10.1. The van der Waals surface area contributed by atoms with E-state index in [0.29, 0.717) is 10.9 Å². The third-order valence-corrected chi connectivity index (χ3v) is 4.46. The highest BCUT2D eigenvalue weighted by Gasteiger charge is 2.20. The highest BCUT2D eigenvalue weighted by atomic mass is 32.2. The van der Waals surface area contributed by atoms with Gasteiger partial charge in [0.05, 0.1) is 0 Å². The fraction of sp³-hybridized carbons (Fsp3) is 0.214. The van der Waals surface area contributed by atoms with Crippen LogP contribution in [0.15, 0.2) is 47.9 Å². The van der Waals surface area contributed by atoms with E-state index in [0.717, 1.165) is 12.8 Å². The molecule has 6 nitrogen and oxygen atoms in total. The Bertz CT molecular complexity index is 732. The van der Waals surface area contributed by atoms with Gasteiger partial charge in [-0.1, -0.05) is 35.4 Å². The largest absolute Gasteiger partial charge is 0.609 e. The molecule has 3 aromatic rings. The summed E-state index contributed by atoms with van der Waals surface area (Å²) in [7, 11) is 0. The summed E-state index contributed by atoms with van der Waals surface area (Å²) < 4.78 is 13.9. The number of aromatic hydroxyl groups is 1. The molecule has 21 heavy (non-hydrogen) atoms. The molecule has 0 saturated carbocycles. The van der Waals surface area contributed by atoms with Gasteiger partial charge in [-0.05, 0) is 18.4 Å². The number of rotatable bonds is 5. The van der Waals surface area contributed by atoms with Crippen LogP contribution in [0.1, 0.15) is 12.0 Å². The maximum atomic E-state index is 12.3. The lowest BCUT2D eigenvalue weighted by Gasteiger charge is -2.10. The first kappa shape index (κ1) is 13.8. The first-order chi connectivity index (χ1) is 10.3. The van der Waals surface area contributed by atoms with Crippen LogP contribution >= 0.6 is 0 Å². The molecule has 0 saturated heterocycles. The van der Waals surface area contributed by atoms with E-state index in [-0.39, 0.29) is 11.5 Å². The Balaban J connectivity index is 1.68. The Hall–Kier alpha value is -2.12. The molecule has 108 valence electrons. The van der Waals surface area contributed by atoms with Gasteiger partial charge in [-0.15, -0.1) is 5.10 Å². The molecule has 1 unspecified atom stereocenters. The van der Waals surface area contributed by atoms with Gasteiger partial charge in [0.1, 0.15) is 5.75 Å². The van der Waals surface area contributed by atoms with Crippen LogP contribution in [0.2, 0.25) is 0 Å². The van der Waals surface area contributed by atoms with E-state index < -0.39 is 11.2 Å². The minimum Gasteiger partial charge on any atom is -0.609 e. The molecule has 1 aromatic carbocycles. The quantitative estimate of drug-likeness (QED) is 0.723. The zero-order valence-electron chi connectivity index (χ0n) is 11.2. The third kappa shape index (κ3) is 2.98. The van der Waals surface area contributed by atoms with Crippen LogP contribution < -0.4 is 0 Å². The van der Waals surface area contributed by atoms with Crippen LogP contribution in [-0.2, 0) is 17.6 Å². The van der Waals surface area contributed by atoms with E-state index in [1.807, 2.05) is 18.2 Å². The van der Waals surface area contributed by atoms with Crippen LogP contribution in [-0.4, -0.2) is 35.0 Å². The van der Waals surface area contributed by atoms with Crippen molar-refractivity contribution in [2.24, 2.45) is 0 Å². The predicted octanol–water partition coefficient (Wildman–Crippen LogP) is 1.57. The zero-order valence-corrected chi connectivity index (χ0v) is 12.0. The van der Waals surface area contributed by atoms with Crippen molar-refractivity contribution in [3.05, 3.63) is 48.3 Å². The third-order valence-electron chi connectivity index (χ3n) is 3.12. The van der Waals surface area contributed by atoms with Crippen molar-refractivity contribution in [3.63, 3.8) is 0 Å². The topological polar surface area (TPSA) is 86.4 Å². The van der Waals surface area contributed by atoms with Gasteiger partial charge in [0.2, 0.25) is 5.65 Å². The van der Waals surface area contributed by atoms with E-state index >= 15 is 0 Å². The SMILES string of the molecule is [O-][S+](CCCc1ccccc1)c1nnc(O)c2nccn12. The van der Waals surface area contributed by atoms with Gasteiger partial charge in [-0.2, -0.15) is 0 Å². The lowest BCUT2D eigenvalue weighted by molar-refractivity contribution is 0.439. The number of fused-ring (bicyclic) bond motifs is 1. The molecule has 0 amide bonds. The van der Waals surface area contributed by atoms with Gasteiger partial charge in [-0.25, -0.2) is 9.38 Å². The summed E-state index contributed by atoms with van der Waals surface area (Å²) in [4.78, 5) is 3.97. The standard InChI is InChI=1S/C14H14N4O2S/c19-13-12-15-8-9-18(12)14(17-16-13)21(20)10-4-7-11-5-2-1-3-6-11/h1-3,5-6,8-9H,4,7,10H2,(H,16,19). The van der Waals surface area contributed by atoms with Gasteiger partial charge in [0.25, 0.3) is 5.88 Å². The molecule has 3 rings (SSSR count). The van der Waals surface area contributed by atoms with E-state index in [4.69, 9.17) is 0 Å². The van der Waals surface area contributed by atoms with Gasteiger partial charge in [0, 0.05) is 23.6 Å². The van der Waals surface area contributed by atoms with E-state index in [2.05, 4.69) is 27.3 Å². The van der Waals surface area contributed by atoms with Crippen molar-refractivity contribution in [2.45, 2.75) is 18.0 Å². The highest BCUT2D eigenvalue weighted by molar-refractivity contribution is 7.91. The van der Waals surface area contributed by atoms with Crippen LogP contribution in [0.3, 0.4) is 0 Å². The minimum absolute atomic E-state index is 0.259. The zero-order chi connectivity index (χ0) is 14.7. The summed E-state index contributed by atoms with van der Waals surface area (Å²) in [6, 6.07) is 10.1. The smallest absolute Gasteiger partial charge is 0.347 e. The molecule has 0 fully saturated rings. The molecule has 2 heterocycles. The fourth-order valence-corrected chi connectivity index (χ4v) is 3.19. The molecular formula is C14H14N4O2S. The molecule has 0 spiro atoms. The second-order valence-electron chi connectivity index (χ2n) is 4.57. The maximum Gasteiger partial charge on any atom is 0.347 e. The molecule has 0 aliphatic carbocycles.